The van der Waals surface area contributed by atoms with Gasteiger partial charge in [-0.2, -0.15) is 12.6 Å². The van der Waals surface area contributed by atoms with Gasteiger partial charge in [0.05, 0.1) is 0 Å². The van der Waals surface area contributed by atoms with E-state index < -0.39 is 23.8 Å². The highest BCUT2D eigenvalue weighted by molar-refractivity contribution is 7.80. The summed E-state index contributed by atoms with van der Waals surface area (Å²) in [6.07, 6.45) is 3.61. The molecule has 7 nitrogen and oxygen atoms in total. The second-order valence-electron chi connectivity index (χ2n) is 11.1. The Morgan fingerprint density at radius 2 is 1.65 bits per heavy atom. The lowest BCUT2D eigenvalue weighted by Gasteiger charge is -2.38. The molecule has 3 amide bonds. The Hall–Kier alpha value is -2.22. The van der Waals surface area contributed by atoms with Gasteiger partial charge in [0, 0.05) is 18.3 Å². The molecule has 1 rings (SSSR count). The first-order chi connectivity index (χ1) is 17.3. The van der Waals surface area contributed by atoms with Crippen LogP contribution in [0.3, 0.4) is 0 Å². The van der Waals surface area contributed by atoms with Crippen molar-refractivity contribution in [2.75, 3.05) is 12.3 Å². The predicted molar refractivity (Wildman–Crippen MR) is 154 cm³/mol. The van der Waals surface area contributed by atoms with E-state index in [2.05, 4.69) is 51.0 Å². The zero-order valence-electron chi connectivity index (χ0n) is 24.1. The van der Waals surface area contributed by atoms with Gasteiger partial charge in [0.25, 0.3) is 0 Å². The molecule has 0 saturated heterocycles. The van der Waals surface area contributed by atoms with Crippen LogP contribution in [0.1, 0.15) is 98.2 Å². The van der Waals surface area contributed by atoms with Crippen molar-refractivity contribution in [3.63, 3.8) is 0 Å². The van der Waals surface area contributed by atoms with Crippen LogP contribution < -0.4 is 10.6 Å². The van der Waals surface area contributed by atoms with Crippen molar-refractivity contribution in [2.45, 2.75) is 111 Å². The molecule has 0 radical (unpaired) electrons. The second kappa shape index (κ2) is 15.9. The fourth-order valence-corrected chi connectivity index (χ4v) is 4.23. The molecular formula is C29H49N3O4S. The Balaban J connectivity index is 3.48. The summed E-state index contributed by atoms with van der Waals surface area (Å²) >= 11 is 4.37. The van der Waals surface area contributed by atoms with E-state index in [0.29, 0.717) is 12.5 Å². The van der Waals surface area contributed by atoms with Crippen LogP contribution in [-0.4, -0.2) is 52.8 Å². The summed E-state index contributed by atoms with van der Waals surface area (Å²) in [5, 5.41) is 5.71. The molecule has 0 heterocycles. The lowest BCUT2D eigenvalue weighted by atomic mass is 9.96. The van der Waals surface area contributed by atoms with E-state index in [9.17, 15) is 14.4 Å². The third kappa shape index (κ3) is 11.4. The molecule has 0 aromatic heterocycles. The Kier molecular flexibility index (Phi) is 14.1. The van der Waals surface area contributed by atoms with E-state index in [1.807, 2.05) is 31.2 Å². The van der Waals surface area contributed by atoms with Gasteiger partial charge < -0.3 is 20.3 Å². The molecule has 0 spiro atoms. The van der Waals surface area contributed by atoms with Gasteiger partial charge in [0.2, 0.25) is 11.8 Å². The van der Waals surface area contributed by atoms with E-state index in [0.717, 1.165) is 43.2 Å². The van der Waals surface area contributed by atoms with Crippen LogP contribution in [-0.2, 0) is 20.7 Å². The zero-order valence-corrected chi connectivity index (χ0v) is 25.0. The highest BCUT2D eigenvalue weighted by atomic mass is 32.1. The molecule has 1 aromatic carbocycles. The van der Waals surface area contributed by atoms with Crippen LogP contribution in [0.5, 0.6) is 0 Å². The number of aryl methyl sites for hydroxylation is 1. The van der Waals surface area contributed by atoms with Gasteiger partial charge in [-0.1, -0.05) is 58.4 Å². The predicted octanol–water partition coefficient (Wildman–Crippen LogP) is 5.68. The largest absolute Gasteiger partial charge is 0.444 e. The van der Waals surface area contributed by atoms with Gasteiger partial charge in [-0.3, -0.25) is 9.59 Å². The number of hydrogen-bond acceptors (Lipinski definition) is 5. The number of carbonyl (C=O) groups excluding carboxylic acids is 3. The Morgan fingerprint density at radius 1 is 1.03 bits per heavy atom. The first-order valence-corrected chi connectivity index (χ1v) is 14.3. The highest BCUT2D eigenvalue weighted by Gasteiger charge is 2.38. The monoisotopic (exact) mass is 535 g/mol. The number of ether oxygens (including phenoxy) is 1. The van der Waals surface area contributed by atoms with Gasteiger partial charge in [-0.25, -0.2) is 4.79 Å². The number of carbonyl (C=O) groups is 3. The SMILES string of the molecule is CCCCNC(=O)C(c1ccc(CC)cc1)N(C(=O)C(CS)NC(=O)OC(C)(C)C)C(C)CCC(C)C. The van der Waals surface area contributed by atoms with Gasteiger partial charge in [-0.05, 0) is 70.4 Å². The van der Waals surface area contributed by atoms with Crippen molar-refractivity contribution in [3.05, 3.63) is 35.4 Å². The lowest BCUT2D eigenvalue weighted by Crippen LogP contribution is -2.56. The quantitative estimate of drug-likeness (QED) is 0.211. The molecule has 0 aliphatic rings. The molecule has 1 aromatic rings. The van der Waals surface area contributed by atoms with Crippen molar-refractivity contribution >= 4 is 30.5 Å². The van der Waals surface area contributed by atoms with Gasteiger partial charge in [0.15, 0.2) is 0 Å². The maximum atomic E-state index is 14.1. The number of rotatable bonds is 14. The van der Waals surface area contributed by atoms with Crippen LogP contribution in [0.4, 0.5) is 4.79 Å². The van der Waals surface area contributed by atoms with Crippen LogP contribution in [0.25, 0.3) is 0 Å². The molecule has 0 saturated carbocycles. The summed E-state index contributed by atoms with van der Waals surface area (Å²) in [6.45, 7) is 16.2. The number of hydrogen-bond donors (Lipinski definition) is 3. The summed E-state index contributed by atoms with van der Waals surface area (Å²) in [4.78, 5) is 41.9. The number of alkyl carbamates (subject to hydrolysis) is 1. The van der Waals surface area contributed by atoms with Crippen molar-refractivity contribution in [1.82, 2.24) is 15.5 Å². The molecule has 8 heteroatoms. The average molecular weight is 536 g/mol. The van der Waals surface area contributed by atoms with E-state index >= 15 is 0 Å². The third-order valence-corrected chi connectivity index (χ3v) is 6.49. The number of benzene rings is 1. The van der Waals surface area contributed by atoms with E-state index in [1.54, 1.807) is 25.7 Å². The minimum atomic E-state index is -0.944. The van der Waals surface area contributed by atoms with Crippen molar-refractivity contribution in [2.24, 2.45) is 5.92 Å². The Morgan fingerprint density at radius 3 is 2.14 bits per heavy atom. The average Bonchev–Trinajstić information content (AvgIpc) is 2.83. The molecule has 3 atom stereocenters. The zero-order chi connectivity index (χ0) is 28.2. The number of nitrogens with one attached hydrogen (secondary N) is 2. The van der Waals surface area contributed by atoms with Crippen molar-refractivity contribution in [3.8, 4) is 0 Å². The first-order valence-electron chi connectivity index (χ1n) is 13.6. The standard InChI is InChI=1S/C29H49N3O4S/c1-9-11-18-30-26(33)25(23-16-14-22(10-2)15-17-23)32(21(5)13-12-20(3)4)27(34)24(19-37)31-28(35)36-29(6,7)8/h14-17,20-21,24-25,37H,9-13,18-19H2,1-8H3,(H,30,33)(H,31,35). The molecule has 0 aliphatic heterocycles. The van der Waals surface area contributed by atoms with Crippen LogP contribution in [0.2, 0.25) is 0 Å². The molecular weight excluding hydrogens is 486 g/mol. The molecule has 0 bridgehead atoms. The summed E-state index contributed by atoms with van der Waals surface area (Å²) < 4.78 is 5.39. The van der Waals surface area contributed by atoms with E-state index in [4.69, 9.17) is 4.74 Å². The number of unbranched alkanes of at least 4 members (excludes halogenated alkanes) is 1. The maximum absolute atomic E-state index is 14.1. The Bertz CT molecular complexity index is 852. The molecule has 0 fully saturated rings. The van der Waals surface area contributed by atoms with Crippen LogP contribution >= 0.6 is 12.6 Å². The fraction of sp³-hybridized carbons (Fsp3) is 0.690. The maximum Gasteiger partial charge on any atom is 0.408 e. The normalized spacial score (nSPS) is 14.0. The lowest BCUT2D eigenvalue weighted by molar-refractivity contribution is -0.144. The number of nitrogens with zero attached hydrogens (tertiary/aromatic N) is 1. The van der Waals surface area contributed by atoms with E-state index in [-0.39, 0.29) is 23.6 Å². The van der Waals surface area contributed by atoms with Gasteiger partial charge in [-0.15, -0.1) is 0 Å². The first kappa shape index (κ1) is 32.8. The molecule has 210 valence electrons. The summed E-state index contributed by atoms with van der Waals surface area (Å²) in [5.74, 6) is -0.0599. The number of amides is 3. The molecule has 2 N–H and O–H groups in total. The van der Waals surface area contributed by atoms with Crippen molar-refractivity contribution < 1.29 is 19.1 Å². The topological polar surface area (TPSA) is 87.7 Å². The van der Waals surface area contributed by atoms with Crippen LogP contribution in [0, 0.1) is 5.92 Å². The van der Waals surface area contributed by atoms with E-state index in [1.165, 1.54) is 0 Å². The van der Waals surface area contributed by atoms with Gasteiger partial charge >= 0.3 is 6.09 Å². The summed E-state index contributed by atoms with van der Waals surface area (Å²) in [5.41, 5.74) is 1.19. The second-order valence-corrected chi connectivity index (χ2v) is 11.5. The minimum Gasteiger partial charge on any atom is -0.444 e. The highest BCUT2D eigenvalue weighted by Crippen LogP contribution is 2.28. The third-order valence-electron chi connectivity index (χ3n) is 6.12. The molecule has 3 unspecified atom stereocenters. The van der Waals surface area contributed by atoms with Crippen molar-refractivity contribution in [1.29, 1.82) is 0 Å². The summed E-state index contributed by atoms with van der Waals surface area (Å²) in [6, 6.07) is 5.83. The molecule has 37 heavy (non-hydrogen) atoms. The van der Waals surface area contributed by atoms with Crippen LogP contribution in [0.15, 0.2) is 24.3 Å². The smallest absolute Gasteiger partial charge is 0.408 e. The Labute approximate surface area is 229 Å². The minimum absolute atomic E-state index is 0.0738. The fourth-order valence-electron chi connectivity index (χ4n) is 3.99. The summed E-state index contributed by atoms with van der Waals surface area (Å²) in [7, 11) is 0. The molecule has 0 aliphatic carbocycles. The van der Waals surface area contributed by atoms with Gasteiger partial charge in [0.1, 0.15) is 17.7 Å². The number of thiol groups is 1.